The van der Waals surface area contributed by atoms with Gasteiger partial charge in [-0.25, -0.2) is 0 Å². The summed E-state index contributed by atoms with van der Waals surface area (Å²) in [7, 11) is 0. The van der Waals surface area contributed by atoms with Crippen molar-refractivity contribution in [1.29, 1.82) is 0 Å². The molecule has 1 atom stereocenters. The molecule has 0 aromatic carbocycles. The molecule has 132 valence electrons. The quantitative estimate of drug-likeness (QED) is 0.724. The minimum atomic E-state index is 0.361. The Morgan fingerprint density at radius 1 is 1.24 bits per heavy atom. The van der Waals surface area contributed by atoms with Crippen molar-refractivity contribution in [3.8, 4) is 0 Å². The molecule has 0 spiro atoms. The summed E-state index contributed by atoms with van der Waals surface area (Å²) < 4.78 is 4.08. The predicted molar refractivity (Wildman–Crippen MR) is 94.5 cm³/mol. The molecule has 0 unspecified atom stereocenters. The molecule has 0 saturated heterocycles. The van der Waals surface area contributed by atoms with Gasteiger partial charge in [0.1, 0.15) is 12.2 Å². The lowest BCUT2D eigenvalue weighted by molar-refractivity contribution is 0.358. The van der Waals surface area contributed by atoms with Gasteiger partial charge in [0, 0.05) is 6.54 Å². The summed E-state index contributed by atoms with van der Waals surface area (Å²) >= 11 is 0. The first-order chi connectivity index (χ1) is 12.1. The first-order valence-electron chi connectivity index (χ1n) is 8.92. The number of rotatable bonds is 4. The molecular weight excluding hydrogens is 316 g/mol. The third-order valence-electron chi connectivity index (χ3n) is 4.81. The highest BCUT2D eigenvalue weighted by molar-refractivity contribution is 5.68. The zero-order chi connectivity index (χ0) is 17.6. The maximum atomic E-state index is 4.56. The molecule has 0 fully saturated rings. The molecule has 8 heteroatoms. The van der Waals surface area contributed by atoms with Crippen LogP contribution in [0.1, 0.15) is 50.6 Å². The second-order valence-electron chi connectivity index (χ2n) is 7.17. The van der Waals surface area contributed by atoms with Gasteiger partial charge in [0.05, 0.1) is 24.0 Å². The highest BCUT2D eigenvalue weighted by Gasteiger charge is 2.30. The second-order valence-corrected chi connectivity index (χ2v) is 7.17. The van der Waals surface area contributed by atoms with E-state index < -0.39 is 0 Å². The molecule has 1 aliphatic heterocycles. The molecule has 0 radical (unpaired) electrons. The zero-order valence-electron chi connectivity index (χ0n) is 15.2. The zero-order valence-corrected chi connectivity index (χ0v) is 15.2. The Bertz CT molecular complexity index is 893. The number of hydrogen-bond donors (Lipinski definition) is 0. The van der Waals surface area contributed by atoms with Crippen LogP contribution in [-0.4, -0.2) is 41.1 Å². The van der Waals surface area contributed by atoms with Gasteiger partial charge in [-0.15, -0.1) is 20.4 Å². The minimum absolute atomic E-state index is 0.361. The first-order valence-corrected chi connectivity index (χ1v) is 8.92. The fourth-order valence-corrected chi connectivity index (χ4v) is 3.74. The Hall–Kier alpha value is -2.51. The minimum Gasteiger partial charge on any atom is -0.359 e. The van der Waals surface area contributed by atoms with Crippen molar-refractivity contribution in [2.45, 2.75) is 53.1 Å². The fourth-order valence-electron chi connectivity index (χ4n) is 3.74. The maximum Gasteiger partial charge on any atom is 0.200 e. The van der Waals surface area contributed by atoms with E-state index >= 15 is 0 Å². The Morgan fingerprint density at radius 2 is 2.08 bits per heavy atom. The van der Waals surface area contributed by atoms with Crippen LogP contribution < -0.4 is 4.90 Å². The molecule has 4 heterocycles. The summed E-state index contributed by atoms with van der Waals surface area (Å²) in [4.78, 5) is 2.35. The van der Waals surface area contributed by atoms with E-state index in [1.54, 1.807) is 10.8 Å². The van der Waals surface area contributed by atoms with Crippen molar-refractivity contribution in [3.05, 3.63) is 29.7 Å². The number of anilines is 1. The topological polar surface area (TPSA) is 77.0 Å². The lowest BCUT2D eigenvalue weighted by Crippen LogP contribution is -2.39. The molecule has 25 heavy (non-hydrogen) atoms. The molecule has 3 aromatic heterocycles. The van der Waals surface area contributed by atoms with Gasteiger partial charge in [0.15, 0.2) is 5.82 Å². The average molecular weight is 340 g/mol. The van der Waals surface area contributed by atoms with Crippen molar-refractivity contribution >= 4 is 11.3 Å². The third-order valence-corrected chi connectivity index (χ3v) is 4.81. The number of aryl methyl sites for hydroxylation is 2. The maximum absolute atomic E-state index is 4.56. The molecule has 1 aliphatic rings. The van der Waals surface area contributed by atoms with Gasteiger partial charge in [0.2, 0.25) is 5.65 Å². The summed E-state index contributed by atoms with van der Waals surface area (Å²) in [6.07, 6.45) is 3.64. The summed E-state index contributed by atoms with van der Waals surface area (Å²) in [6, 6.07) is 2.50. The molecule has 0 amide bonds. The van der Waals surface area contributed by atoms with Crippen LogP contribution in [0.15, 0.2) is 12.4 Å². The first kappa shape index (κ1) is 16.0. The molecule has 0 saturated carbocycles. The van der Waals surface area contributed by atoms with E-state index in [1.165, 1.54) is 0 Å². The lowest BCUT2D eigenvalue weighted by Gasteiger charge is -2.36. The van der Waals surface area contributed by atoms with Gasteiger partial charge < -0.3 is 9.47 Å². The normalized spacial score (nSPS) is 17.5. The van der Waals surface area contributed by atoms with Crippen molar-refractivity contribution in [1.82, 2.24) is 34.6 Å². The standard InChI is InChI=1S/C17H24N8/c1-5-13-7-15(17-21-18-10-24(17)22-13)23-8-14(6-11(2)3)25-12(4)19-20-16(25)9-23/h7,10-11,14H,5-6,8-9H2,1-4H3/t14-/m0/s1. The number of fused-ring (bicyclic) bond motifs is 2. The van der Waals surface area contributed by atoms with Crippen LogP contribution >= 0.6 is 0 Å². The van der Waals surface area contributed by atoms with E-state index in [4.69, 9.17) is 0 Å². The Balaban J connectivity index is 1.78. The average Bonchev–Trinajstić information content (AvgIpc) is 3.20. The van der Waals surface area contributed by atoms with E-state index in [9.17, 15) is 0 Å². The Morgan fingerprint density at radius 3 is 2.84 bits per heavy atom. The predicted octanol–water partition coefficient (Wildman–Crippen LogP) is 2.19. The van der Waals surface area contributed by atoms with E-state index in [1.807, 2.05) is 6.92 Å². The lowest BCUT2D eigenvalue weighted by atomic mass is 10.0. The van der Waals surface area contributed by atoms with Crippen LogP contribution in [0.2, 0.25) is 0 Å². The Labute approximate surface area is 146 Å². The van der Waals surface area contributed by atoms with E-state index in [-0.39, 0.29) is 0 Å². The van der Waals surface area contributed by atoms with Crippen LogP contribution in [0.3, 0.4) is 0 Å². The van der Waals surface area contributed by atoms with Gasteiger partial charge in [-0.3, -0.25) is 0 Å². The SMILES string of the molecule is CCc1cc(N2Cc3nnc(C)n3[C@@H](CC(C)C)C2)c2nncn2n1. The molecule has 8 nitrogen and oxygen atoms in total. The highest BCUT2D eigenvalue weighted by Crippen LogP contribution is 2.32. The number of aromatic nitrogens is 7. The van der Waals surface area contributed by atoms with Gasteiger partial charge >= 0.3 is 0 Å². The van der Waals surface area contributed by atoms with Gasteiger partial charge in [-0.05, 0) is 31.7 Å². The highest BCUT2D eigenvalue weighted by atomic mass is 15.4. The summed E-state index contributed by atoms with van der Waals surface area (Å²) in [5.41, 5.74) is 2.90. The summed E-state index contributed by atoms with van der Waals surface area (Å²) in [5, 5.41) is 21.6. The molecule has 0 bridgehead atoms. The molecular formula is C17H24N8. The van der Waals surface area contributed by atoms with Crippen molar-refractivity contribution in [2.24, 2.45) is 5.92 Å². The second kappa shape index (κ2) is 6.09. The van der Waals surface area contributed by atoms with E-state index in [2.05, 4.69) is 61.8 Å². The summed E-state index contributed by atoms with van der Waals surface area (Å²) in [5.74, 6) is 2.62. The smallest absolute Gasteiger partial charge is 0.200 e. The number of nitrogens with zero attached hydrogens (tertiary/aromatic N) is 8. The third kappa shape index (κ3) is 2.75. The van der Waals surface area contributed by atoms with Gasteiger partial charge in [-0.1, -0.05) is 20.8 Å². The Kier molecular flexibility index (Phi) is 3.89. The van der Waals surface area contributed by atoms with E-state index in [0.29, 0.717) is 12.0 Å². The number of hydrogen-bond acceptors (Lipinski definition) is 6. The van der Waals surface area contributed by atoms with E-state index in [0.717, 1.165) is 54.6 Å². The van der Waals surface area contributed by atoms with Crippen molar-refractivity contribution in [2.75, 3.05) is 11.4 Å². The van der Waals surface area contributed by atoms with Gasteiger partial charge in [-0.2, -0.15) is 9.61 Å². The van der Waals surface area contributed by atoms with Crippen LogP contribution in [0, 0.1) is 12.8 Å². The monoisotopic (exact) mass is 340 g/mol. The van der Waals surface area contributed by atoms with Crippen LogP contribution in [-0.2, 0) is 13.0 Å². The molecule has 0 aliphatic carbocycles. The molecule has 3 aromatic rings. The van der Waals surface area contributed by atoms with Crippen LogP contribution in [0.5, 0.6) is 0 Å². The largest absolute Gasteiger partial charge is 0.359 e. The molecule has 0 N–H and O–H groups in total. The molecule has 4 rings (SSSR count). The summed E-state index contributed by atoms with van der Waals surface area (Å²) in [6.45, 7) is 10.3. The van der Waals surface area contributed by atoms with Crippen LogP contribution in [0.25, 0.3) is 5.65 Å². The fraction of sp³-hybridized carbons (Fsp3) is 0.588. The van der Waals surface area contributed by atoms with Crippen LogP contribution in [0.4, 0.5) is 5.69 Å². The van der Waals surface area contributed by atoms with Gasteiger partial charge in [0.25, 0.3) is 0 Å². The van der Waals surface area contributed by atoms with Crippen molar-refractivity contribution < 1.29 is 0 Å². The van der Waals surface area contributed by atoms with Crippen molar-refractivity contribution in [3.63, 3.8) is 0 Å².